The minimum atomic E-state index is -0.674. The summed E-state index contributed by atoms with van der Waals surface area (Å²) in [5, 5.41) is 8.65. The molecule has 170 valence electrons. The van der Waals surface area contributed by atoms with Crippen molar-refractivity contribution in [1.29, 1.82) is 0 Å². The Bertz CT molecular complexity index is 1310. The highest BCUT2D eigenvalue weighted by Crippen LogP contribution is 2.25. The number of rotatable bonds is 6. The number of nitrogens with zero attached hydrogens (tertiary/aromatic N) is 3. The minimum absolute atomic E-state index is 0.252. The predicted octanol–water partition coefficient (Wildman–Crippen LogP) is 5.88. The first-order valence-electron chi connectivity index (χ1n) is 11.2. The second kappa shape index (κ2) is 9.06. The largest absolute Gasteiger partial charge is 0.481 e. The molecular formula is C27H30N4O2. The number of hydrogen-bond acceptors (Lipinski definition) is 4. The van der Waals surface area contributed by atoms with E-state index in [1.54, 1.807) is 11.6 Å². The number of aryl methyl sites for hydroxylation is 3. The van der Waals surface area contributed by atoms with Crippen molar-refractivity contribution in [1.82, 2.24) is 14.8 Å². The van der Waals surface area contributed by atoms with E-state index in [0.29, 0.717) is 23.3 Å². The van der Waals surface area contributed by atoms with Gasteiger partial charge in [0.15, 0.2) is 11.9 Å². The molecule has 0 spiro atoms. The molecule has 1 atom stereocenters. The van der Waals surface area contributed by atoms with Crippen molar-refractivity contribution in [3.05, 3.63) is 77.0 Å². The van der Waals surface area contributed by atoms with Crippen LogP contribution in [0.1, 0.15) is 49.1 Å². The Hall–Kier alpha value is -3.67. The zero-order valence-electron chi connectivity index (χ0n) is 20.0. The molecule has 2 aromatic carbocycles. The van der Waals surface area contributed by atoms with E-state index < -0.39 is 6.10 Å². The molecule has 0 fully saturated rings. The van der Waals surface area contributed by atoms with Crippen molar-refractivity contribution >= 4 is 22.6 Å². The van der Waals surface area contributed by atoms with Gasteiger partial charge in [0.2, 0.25) is 0 Å². The summed E-state index contributed by atoms with van der Waals surface area (Å²) in [5.74, 6) is 2.07. The van der Waals surface area contributed by atoms with Crippen LogP contribution in [0.5, 0.6) is 5.75 Å². The second-order valence-electron chi connectivity index (χ2n) is 8.82. The minimum Gasteiger partial charge on any atom is -0.481 e. The van der Waals surface area contributed by atoms with Crippen LogP contribution >= 0.6 is 0 Å². The van der Waals surface area contributed by atoms with Gasteiger partial charge in [0.05, 0.1) is 11.2 Å². The average molecular weight is 443 g/mol. The summed E-state index contributed by atoms with van der Waals surface area (Å²) in [6, 6.07) is 17.8. The molecule has 1 N–H and O–H groups in total. The normalized spacial score (nSPS) is 12.2. The molecule has 0 saturated carbocycles. The van der Waals surface area contributed by atoms with E-state index in [1.165, 1.54) is 5.56 Å². The molecule has 0 aliphatic heterocycles. The second-order valence-corrected chi connectivity index (χ2v) is 8.82. The molecule has 2 aromatic heterocycles. The van der Waals surface area contributed by atoms with Crippen molar-refractivity contribution in [2.45, 2.75) is 53.6 Å². The summed E-state index contributed by atoms with van der Waals surface area (Å²) in [6.07, 6.45) is -0.674. The molecule has 1 amide bonds. The lowest BCUT2D eigenvalue weighted by Gasteiger charge is -2.16. The van der Waals surface area contributed by atoms with Crippen LogP contribution in [0.25, 0.3) is 16.7 Å². The highest BCUT2D eigenvalue weighted by molar-refractivity contribution is 5.94. The van der Waals surface area contributed by atoms with Crippen LogP contribution in [0.3, 0.4) is 0 Å². The number of anilines is 1. The van der Waals surface area contributed by atoms with Gasteiger partial charge in [0, 0.05) is 11.5 Å². The third-order valence-corrected chi connectivity index (χ3v) is 5.76. The number of hydrogen-bond donors (Lipinski definition) is 1. The van der Waals surface area contributed by atoms with Crippen molar-refractivity contribution < 1.29 is 9.53 Å². The highest BCUT2D eigenvalue weighted by atomic mass is 16.5. The van der Waals surface area contributed by atoms with E-state index in [-0.39, 0.29) is 5.91 Å². The van der Waals surface area contributed by atoms with E-state index in [4.69, 9.17) is 9.72 Å². The van der Waals surface area contributed by atoms with Crippen LogP contribution in [0.15, 0.2) is 54.6 Å². The molecule has 1 unspecified atom stereocenters. The Balaban J connectivity index is 1.57. The van der Waals surface area contributed by atoms with Gasteiger partial charge < -0.3 is 10.1 Å². The summed E-state index contributed by atoms with van der Waals surface area (Å²) in [4.78, 5) is 17.8. The van der Waals surface area contributed by atoms with Crippen LogP contribution in [-0.4, -0.2) is 26.8 Å². The number of pyridine rings is 1. The number of carbonyl (C=O) groups excluding carboxylic acids is 1. The number of ether oxygens (including phenoxy) is 1. The number of nitrogens with one attached hydrogen (secondary N) is 1. The average Bonchev–Trinajstić information content (AvgIpc) is 3.14. The molecule has 33 heavy (non-hydrogen) atoms. The number of para-hydroxylation sites is 1. The maximum Gasteiger partial charge on any atom is 0.266 e. The maximum atomic E-state index is 12.9. The molecule has 0 saturated heterocycles. The van der Waals surface area contributed by atoms with Crippen LogP contribution in [-0.2, 0) is 4.79 Å². The van der Waals surface area contributed by atoms with Crippen LogP contribution in [0, 0.1) is 20.8 Å². The Labute approximate surface area is 194 Å². The predicted molar refractivity (Wildman–Crippen MR) is 132 cm³/mol. The van der Waals surface area contributed by atoms with Gasteiger partial charge in [-0.2, -0.15) is 9.78 Å². The molecule has 0 aliphatic carbocycles. The van der Waals surface area contributed by atoms with Crippen LogP contribution < -0.4 is 10.1 Å². The number of fused-ring (bicyclic) bond motifs is 1. The van der Waals surface area contributed by atoms with Crippen molar-refractivity contribution in [3.63, 3.8) is 0 Å². The zero-order valence-corrected chi connectivity index (χ0v) is 20.0. The van der Waals surface area contributed by atoms with E-state index in [1.807, 2.05) is 62.4 Å². The van der Waals surface area contributed by atoms with E-state index >= 15 is 0 Å². The lowest BCUT2D eigenvalue weighted by molar-refractivity contribution is -0.122. The Morgan fingerprint density at radius 2 is 1.70 bits per heavy atom. The first-order chi connectivity index (χ1) is 15.7. The molecule has 6 nitrogen and oxygen atoms in total. The van der Waals surface area contributed by atoms with Crippen molar-refractivity contribution in [2.24, 2.45) is 0 Å². The van der Waals surface area contributed by atoms with E-state index in [0.717, 1.165) is 27.7 Å². The zero-order chi connectivity index (χ0) is 23.7. The SMILES string of the molecule is Cc1cc(NC(=O)C(C)Oc2ccc(C(C)C)cc2)n(-c2cc(C)c3cccc(C)c3n2)n1. The summed E-state index contributed by atoms with van der Waals surface area (Å²) in [6.45, 7) is 12.0. The van der Waals surface area contributed by atoms with Gasteiger partial charge in [-0.05, 0) is 68.5 Å². The quantitative estimate of drug-likeness (QED) is 0.405. The summed E-state index contributed by atoms with van der Waals surface area (Å²) in [5.41, 5.74) is 5.14. The van der Waals surface area contributed by atoms with Gasteiger partial charge in [0.25, 0.3) is 5.91 Å². The third kappa shape index (κ3) is 4.75. The van der Waals surface area contributed by atoms with Crippen molar-refractivity contribution in [2.75, 3.05) is 5.32 Å². The summed E-state index contributed by atoms with van der Waals surface area (Å²) >= 11 is 0. The summed E-state index contributed by atoms with van der Waals surface area (Å²) in [7, 11) is 0. The smallest absolute Gasteiger partial charge is 0.266 e. The molecule has 0 bridgehead atoms. The van der Waals surface area contributed by atoms with E-state index in [9.17, 15) is 4.79 Å². The Morgan fingerprint density at radius 1 is 0.970 bits per heavy atom. The first kappa shape index (κ1) is 22.5. The van der Waals surface area contributed by atoms with E-state index in [2.05, 4.69) is 37.3 Å². The first-order valence-corrected chi connectivity index (χ1v) is 11.2. The fourth-order valence-electron chi connectivity index (χ4n) is 3.83. The van der Waals surface area contributed by atoms with Gasteiger partial charge in [-0.15, -0.1) is 0 Å². The number of aromatic nitrogens is 3. The summed E-state index contributed by atoms with van der Waals surface area (Å²) < 4.78 is 7.55. The Kier molecular flexibility index (Phi) is 6.18. The standard InChI is InChI=1S/C27H30N4O2/c1-16(2)21-10-12-22(13-11-21)33-20(6)27(32)29-25-15-19(5)30-31(25)24-14-18(4)23-9-7-8-17(3)26(23)28-24/h7-16,20H,1-6H3,(H,29,32). The van der Waals surface area contributed by atoms with Gasteiger partial charge in [0.1, 0.15) is 11.6 Å². The van der Waals surface area contributed by atoms with Crippen LogP contribution in [0.4, 0.5) is 5.82 Å². The molecule has 4 aromatic rings. The number of amides is 1. The molecule has 0 aliphatic rings. The molecular weight excluding hydrogens is 412 g/mol. The maximum absolute atomic E-state index is 12.9. The third-order valence-electron chi connectivity index (χ3n) is 5.76. The fraction of sp³-hybridized carbons (Fsp3) is 0.296. The van der Waals surface area contributed by atoms with Gasteiger partial charge >= 0.3 is 0 Å². The monoisotopic (exact) mass is 442 g/mol. The number of benzene rings is 2. The molecule has 4 rings (SSSR count). The van der Waals surface area contributed by atoms with Gasteiger partial charge in [-0.1, -0.05) is 44.2 Å². The topological polar surface area (TPSA) is 69.0 Å². The highest BCUT2D eigenvalue weighted by Gasteiger charge is 2.19. The van der Waals surface area contributed by atoms with Crippen LogP contribution in [0.2, 0.25) is 0 Å². The van der Waals surface area contributed by atoms with Gasteiger partial charge in [-0.3, -0.25) is 4.79 Å². The van der Waals surface area contributed by atoms with Crippen molar-refractivity contribution in [3.8, 4) is 11.6 Å². The lowest BCUT2D eigenvalue weighted by Crippen LogP contribution is -2.31. The molecule has 2 heterocycles. The molecule has 6 heteroatoms. The fourth-order valence-corrected chi connectivity index (χ4v) is 3.83. The van der Waals surface area contributed by atoms with Gasteiger partial charge in [-0.25, -0.2) is 4.98 Å². The molecule has 0 radical (unpaired) electrons. The lowest BCUT2D eigenvalue weighted by atomic mass is 10.0. The Morgan fingerprint density at radius 3 is 2.39 bits per heavy atom. The number of carbonyl (C=O) groups is 1.